The number of carbonyl (C=O) groups excluding carboxylic acids is 1. The molecule has 150 valence electrons. The van der Waals surface area contributed by atoms with E-state index >= 15 is 0 Å². The minimum Gasteiger partial charge on any atom is -0.504 e. The monoisotopic (exact) mass is 394 g/mol. The van der Waals surface area contributed by atoms with Crippen molar-refractivity contribution in [3.8, 4) is 11.5 Å². The Kier molecular flexibility index (Phi) is 5.92. The van der Waals surface area contributed by atoms with Gasteiger partial charge in [0.05, 0.1) is 24.2 Å². The van der Waals surface area contributed by atoms with Gasteiger partial charge in [-0.2, -0.15) is 10.2 Å². The van der Waals surface area contributed by atoms with Gasteiger partial charge in [-0.15, -0.1) is 0 Å². The summed E-state index contributed by atoms with van der Waals surface area (Å²) in [6.07, 6.45) is 1.43. The van der Waals surface area contributed by atoms with Crippen LogP contribution in [-0.4, -0.2) is 33.6 Å². The molecule has 0 bridgehead atoms. The summed E-state index contributed by atoms with van der Waals surface area (Å²) in [5, 5.41) is 18.8. The van der Waals surface area contributed by atoms with Crippen LogP contribution in [0, 0.1) is 0 Å². The highest BCUT2D eigenvalue weighted by atomic mass is 16.5. The van der Waals surface area contributed by atoms with Crippen LogP contribution in [0.3, 0.4) is 0 Å². The predicted octanol–water partition coefficient (Wildman–Crippen LogP) is 2.85. The molecule has 8 nitrogen and oxygen atoms in total. The number of nitrogens with one attached hydrogen (secondary N) is 1. The molecule has 0 unspecified atom stereocenters. The van der Waals surface area contributed by atoms with E-state index in [0.29, 0.717) is 28.7 Å². The average molecular weight is 394 g/mol. The molecular formula is C21H22N4O4. The zero-order valence-corrected chi connectivity index (χ0v) is 16.4. The van der Waals surface area contributed by atoms with Crippen molar-refractivity contribution < 1.29 is 14.6 Å². The van der Waals surface area contributed by atoms with Gasteiger partial charge in [-0.1, -0.05) is 18.2 Å². The van der Waals surface area contributed by atoms with Crippen LogP contribution in [0.2, 0.25) is 0 Å². The van der Waals surface area contributed by atoms with E-state index in [9.17, 15) is 14.7 Å². The minimum atomic E-state index is -0.532. The molecule has 0 atom stereocenters. The number of nitrogens with zero attached hydrogens (tertiary/aromatic N) is 3. The summed E-state index contributed by atoms with van der Waals surface area (Å²) in [5.41, 5.74) is 2.95. The molecule has 29 heavy (non-hydrogen) atoms. The number of fused-ring (bicyclic) bond motifs is 1. The Morgan fingerprint density at radius 1 is 1.28 bits per heavy atom. The molecule has 1 amide bonds. The third-order valence-corrected chi connectivity index (χ3v) is 4.20. The number of aromatic nitrogens is 2. The number of amides is 1. The fourth-order valence-corrected chi connectivity index (χ4v) is 2.82. The maximum Gasteiger partial charge on any atom is 0.292 e. The quantitative estimate of drug-likeness (QED) is 0.494. The lowest BCUT2D eigenvalue weighted by Crippen LogP contribution is -2.30. The Morgan fingerprint density at radius 3 is 2.69 bits per heavy atom. The van der Waals surface area contributed by atoms with Gasteiger partial charge in [-0.25, -0.2) is 10.1 Å². The minimum absolute atomic E-state index is 0.0275. The third kappa shape index (κ3) is 4.26. The number of hydrazone groups is 1. The molecule has 0 aliphatic rings. The van der Waals surface area contributed by atoms with Crippen LogP contribution in [0.5, 0.6) is 11.5 Å². The van der Waals surface area contributed by atoms with E-state index in [1.807, 2.05) is 20.8 Å². The lowest BCUT2D eigenvalue weighted by Gasteiger charge is -2.12. The van der Waals surface area contributed by atoms with E-state index in [0.717, 1.165) is 0 Å². The van der Waals surface area contributed by atoms with Gasteiger partial charge >= 0.3 is 0 Å². The number of benzene rings is 2. The summed E-state index contributed by atoms with van der Waals surface area (Å²) in [7, 11) is 0. The fourth-order valence-electron chi connectivity index (χ4n) is 2.82. The number of phenolic OH excluding ortho intramolecular Hbond substituents is 1. The molecule has 2 N–H and O–H groups in total. The van der Waals surface area contributed by atoms with Crippen molar-refractivity contribution in [2.75, 3.05) is 6.61 Å². The average Bonchev–Trinajstić information content (AvgIpc) is 2.70. The van der Waals surface area contributed by atoms with Crippen molar-refractivity contribution in [2.24, 2.45) is 5.10 Å². The van der Waals surface area contributed by atoms with Crippen molar-refractivity contribution in [3.05, 3.63) is 64.1 Å². The van der Waals surface area contributed by atoms with Gasteiger partial charge in [0.15, 0.2) is 17.2 Å². The van der Waals surface area contributed by atoms with Crippen molar-refractivity contribution in [1.29, 1.82) is 0 Å². The zero-order valence-electron chi connectivity index (χ0n) is 16.4. The number of rotatable bonds is 6. The van der Waals surface area contributed by atoms with Crippen LogP contribution in [-0.2, 0) is 0 Å². The zero-order chi connectivity index (χ0) is 21.0. The molecule has 1 heterocycles. The topological polar surface area (TPSA) is 106 Å². The Labute approximate surface area is 167 Å². The molecule has 3 rings (SSSR count). The molecular weight excluding hydrogens is 372 g/mol. The maximum atomic E-state index is 12.7. The largest absolute Gasteiger partial charge is 0.504 e. The smallest absolute Gasteiger partial charge is 0.292 e. The number of aromatic hydroxyl groups is 1. The van der Waals surface area contributed by atoms with Gasteiger partial charge in [-0.05, 0) is 50.6 Å². The van der Waals surface area contributed by atoms with Crippen LogP contribution in [0.4, 0.5) is 0 Å². The molecule has 0 spiro atoms. The Morgan fingerprint density at radius 2 is 2.00 bits per heavy atom. The van der Waals surface area contributed by atoms with Gasteiger partial charge in [0.25, 0.3) is 11.5 Å². The van der Waals surface area contributed by atoms with E-state index in [1.54, 1.807) is 36.4 Å². The summed E-state index contributed by atoms with van der Waals surface area (Å²) in [6.45, 7) is 5.87. The lowest BCUT2D eigenvalue weighted by atomic mass is 10.1. The molecule has 0 radical (unpaired) electrons. The normalized spacial score (nSPS) is 11.3. The van der Waals surface area contributed by atoms with E-state index in [1.165, 1.54) is 17.0 Å². The number of ether oxygens (including phenoxy) is 1. The van der Waals surface area contributed by atoms with Gasteiger partial charge in [0.1, 0.15) is 0 Å². The van der Waals surface area contributed by atoms with Crippen LogP contribution in [0.15, 0.2) is 52.4 Å². The second kappa shape index (κ2) is 8.55. The van der Waals surface area contributed by atoms with Crippen molar-refractivity contribution in [1.82, 2.24) is 15.2 Å². The highest BCUT2D eigenvalue weighted by Gasteiger charge is 2.17. The Bertz CT molecular complexity index is 1140. The summed E-state index contributed by atoms with van der Waals surface area (Å²) >= 11 is 0. The number of carbonyl (C=O) groups is 1. The van der Waals surface area contributed by atoms with Crippen molar-refractivity contribution in [2.45, 2.75) is 26.8 Å². The molecule has 8 heteroatoms. The number of hydrogen-bond donors (Lipinski definition) is 2. The molecule has 3 aromatic rings. The highest BCUT2D eigenvalue weighted by Crippen LogP contribution is 2.26. The van der Waals surface area contributed by atoms with Crippen LogP contribution in [0.1, 0.15) is 42.9 Å². The first-order valence-corrected chi connectivity index (χ1v) is 9.23. The molecule has 0 saturated heterocycles. The van der Waals surface area contributed by atoms with E-state index in [-0.39, 0.29) is 23.0 Å². The molecule has 0 aliphatic carbocycles. The van der Waals surface area contributed by atoms with Crippen LogP contribution in [0.25, 0.3) is 10.8 Å². The summed E-state index contributed by atoms with van der Waals surface area (Å²) in [4.78, 5) is 25.3. The Hall–Kier alpha value is -3.68. The first-order chi connectivity index (χ1) is 13.9. The maximum absolute atomic E-state index is 12.7. The van der Waals surface area contributed by atoms with Crippen LogP contribution >= 0.6 is 0 Å². The molecule has 0 saturated carbocycles. The summed E-state index contributed by atoms with van der Waals surface area (Å²) in [5.74, 6) is -0.172. The first-order valence-electron chi connectivity index (χ1n) is 9.23. The summed E-state index contributed by atoms with van der Waals surface area (Å²) in [6, 6.07) is 11.4. The van der Waals surface area contributed by atoms with E-state index in [2.05, 4.69) is 15.6 Å². The fraction of sp³-hybridized carbons (Fsp3) is 0.238. The molecule has 0 aliphatic heterocycles. The highest BCUT2D eigenvalue weighted by molar-refractivity contribution is 6.05. The second-order valence-electron chi connectivity index (χ2n) is 6.60. The Balaban J connectivity index is 1.89. The van der Waals surface area contributed by atoms with Gasteiger partial charge in [0.2, 0.25) is 0 Å². The molecule has 0 fully saturated rings. The van der Waals surface area contributed by atoms with E-state index < -0.39 is 5.91 Å². The SMILES string of the molecule is CCOc1cc(/C=N/NC(=O)c2nn(C(C)C)c(=O)c3ccccc23)ccc1O. The van der Waals surface area contributed by atoms with Gasteiger partial charge < -0.3 is 9.84 Å². The van der Waals surface area contributed by atoms with Gasteiger partial charge in [0, 0.05) is 5.39 Å². The molecule has 2 aromatic carbocycles. The molecule has 1 aromatic heterocycles. The second-order valence-corrected chi connectivity index (χ2v) is 6.60. The lowest BCUT2D eigenvalue weighted by molar-refractivity contribution is 0.0949. The van der Waals surface area contributed by atoms with Crippen LogP contribution < -0.4 is 15.7 Å². The van der Waals surface area contributed by atoms with Crippen molar-refractivity contribution >= 4 is 22.9 Å². The number of phenols is 1. The summed E-state index contributed by atoms with van der Waals surface area (Å²) < 4.78 is 6.61. The number of hydrogen-bond acceptors (Lipinski definition) is 6. The third-order valence-electron chi connectivity index (χ3n) is 4.20. The van der Waals surface area contributed by atoms with E-state index in [4.69, 9.17) is 4.74 Å². The van der Waals surface area contributed by atoms with Gasteiger partial charge in [-0.3, -0.25) is 9.59 Å². The standard InChI is InChI=1S/C21H22N4O4/c1-4-29-18-11-14(9-10-17(18)26)12-22-23-20(27)19-15-7-5-6-8-16(15)21(28)25(24-19)13(2)3/h5-13,26H,4H2,1-3H3,(H,23,27)/b22-12+. The van der Waals surface area contributed by atoms with Crippen molar-refractivity contribution in [3.63, 3.8) is 0 Å². The first kappa shape index (κ1) is 20.1. The predicted molar refractivity (Wildman–Crippen MR) is 111 cm³/mol.